The number of aryl methyl sites for hydroxylation is 1. The lowest BCUT2D eigenvalue weighted by atomic mass is 10.1. The largest absolute Gasteiger partial charge is 0.314 e. The third-order valence-electron chi connectivity index (χ3n) is 4.61. The third kappa shape index (κ3) is 3.67. The number of hydrogen-bond donors (Lipinski definition) is 1. The number of sulfonamides is 1. The molecule has 1 N–H and O–H groups in total. The molecule has 0 unspecified atom stereocenters. The molecule has 1 aromatic heterocycles. The van der Waals surface area contributed by atoms with Crippen LogP contribution in [0.2, 0.25) is 0 Å². The van der Waals surface area contributed by atoms with Gasteiger partial charge in [0.05, 0.1) is 12.3 Å². The van der Waals surface area contributed by atoms with Crippen LogP contribution in [0.1, 0.15) is 44.3 Å². The van der Waals surface area contributed by atoms with Gasteiger partial charge in [0, 0.05) is 32.1 Å². The Morgan fingerprint density at radius 1 is 1.18 bits per heavy atom. The molecule has 3 rings (SSSR count). The van der Waals surface area contributed by atoms with E-state index in [1.165, 1.54) is 12.8 Å². The van der Waals surface area contributed by atoms with Crippen molar-refractivity contribution in [3.63, 3.8) is 0 Å². The molecule has 0 amide bonds. The van der Waals surface area contributed by atoms with Crippen molar-refractivity contribution in [1.82, 2.24) is 24.4 Å². The molecule has 0 saturated carbocycles. The molecule has 0 spiro atoms. The van der Waals surface area contributed by atoms with Gasteiger partial charge in [-0.25, -0.2) is 13.1 Å². The zero-order valence-electron chi connectivity index (χ0n) is 13.2. The van der Waals surface area contributed by atoms with Gasteiger partial charge in [0.25, 0.3) is 0 Å². The third-order valence-corrected chi connectivity index (χ3v) is 6.07. The summed E-state index contributed by atoms with van der Waals surface area (Å²) < 4.78 is 28.3. The lowest BCUT2D eigenvalue weighted by Crippen LogP contribution is -2.45. The molecule has 0 aliphatic carbocycles. The summed E-state index contributed by atoms with van der Waals surface area (Å²) in [4.78, 5) is 2.35. The standard InChI is InChI=1S/C14H25N5O2S/c1-2-22(20,21)17-12-6-9-18(10-7-12)11-14-16-15-13-5-3-4-8-19(13)14/h12,17H,2-11H2,1H3. The van der Waals surface area contributed by atoms with Gasteiger partial charge in [-0.3, -0.25) is 4.90 Å². The molecule has 8 heteroatoms. The number of aromatic nitrogens is 3. The SMILES string of the molecule is CCS(=O)(=O)NC1CCN(Cc2nnc3n2CCCC3)CC1. The van der Waals surface area contributed by atoms with E-state index in [4.69, 9.17) is 0 Å². The quantitative estimate of drug-likeness (QED) is 0.853. The minimum absolute atomic E-state index is 0.0773. The first kappa shape index (κ1) is 15.9. The van der Waals surface area contributed by atoms with Crippen molar-refractivity contribution in [3.8, 4) is 0 Å². The Morgan fingerprint density at radius 2 is 1.95 bits per heavy atom. The second kappa shape index (κ2) is 6.64. The average molecular weight is 327 g/mol. The van der Waals surface area contributed by atoms with E-state index < -0.39 is 10.0 Å². The summed E-state index contributed by atoms with van der Waals surface area (Å²) in [5, 5.41) is 8.63. The van der Waals surface area contributed by atoms with Gasteiger partial charge in [-0.15, -0.1) is 10.2 Å². The number of fused-ring (bicyclic) bond motifs is 1. The van der Waals surface area contributed by atoms with Gasteiger partial charge in [0.1, 0.15) is 11.6 Å². The maximum atomic E-state index is 11.6. The van der Waals surface area contributed by atoms with Gasteiger partial charge in [-0.05, 0) is 32.6 Å². The molecule has 22 heavy (non-hydrogen) atoms. The van der Waals surface area contributed by atoms with Gasteiger partial charge in [0.15, 0.2) is 0 Å². The Morgan fingerprint density at radius 3 is 2.68 bits per heavy atom. The van der Waals surface area contributed by atoms with E-state index in [9.17, 15) is 8.42 Å². The normalized spacial score (nSPS) is 21.0. The summed E-state index contributed by atoms with van der Waals surface area (Å²) in [7, 11) is -3.09. The van der Waals surface area contributed by atoms with Crippen LogP contribution in [0, 0.1) is 0 Å². The van der Waals surface area contributed by atoms with E-state index in [2.05, 4.69) is 24.4 Å². The Labute approximate surface area is 132 Å². The fourth-order valence-corrected chi connectivity index (χ4v) is 4.14. The van der Waals surface area contributed by atoms with Crippen molar-refractivity contribution in [1.29, 1.82) is 0 Å². The smallest absolute Gasteiger partial charge is 0.211 e. The summed E-state index contributed by atoms with van der Waals surface area (Å²) >= 11 is 0. The average Bonchev–Trinajstić information content (AvgIpc) is 2.92. The summed E-state index contributed by atoms with van der Waals surface area (Å²) in [6, 6.07) is 0.0773. The Bertz CT molecular complexity index is 605. The predicted octanol–water partition coefficient (Wildman–Crippen LogP) is 0.518. The van der Waals surface area contributed by atoms with E-state index in [1.54, 1.807) is 6.92 Å². The lowest BCUT2D eigenvalue weighted by Gasteiger charge is -2.32. The topological polar surface area (TPSA) is 80.1 Å². The molecule has 1 saturated heterocycles. The molecule has 0 atom stereocenters. The fourth-order valence-electron chi connectivity index (χ4n) is 3.23. The summed E-state index contributed by atoms with van der Waals surface area (Å²) in [6.07, 6.45) is 5.17. The van der Waals surface area contributed by atoms with Crippen molar-refractivity contribution in [2.45, 2.75) is 58.2 Å². The highest BCUT2D eigenvalue weighted by Crippen LogP contribution is 2.18. The molecule has 7 nitrogen and oxygen atoms in total. The Balaban J connectivity index is 1.53. The van der Waals surface area contributed by atoms with Crippen LogP contribution in [0.4, 0.5) is 0 Å². The number of likely N-dealkylation sites (tertiary alicyclic amines) is 1. The van der Waals surface area contributed by atoms with Gasteiger partial charge in [-0.1, -0.05) is 0 Å². The molecule has 3 heterocycles. The minimum atomic E-state index is -3.09. The van der Waals surface area contributed by atoms with Crippen molar-refractivity contribution in [2.75, 3.05) is 18.8 Å². The van der Waals surface area contributed by atoms with Gasteiger partial charge in [0.2, 0.25) is 10.0 Å². The number of hydrogen-bond acceptors (Lipinski definition) is 5. The first-order valence-electron chi connectivity index (χ1n) is 8.20. The monoisotopic (exact) mass is 327 g/mol. The number of nitrogens with one attached hydrogen (secondary N) is 1. The molecule has 2 aliphatic heterocycles. The molecule has 0 bridgehead atoms. The van der Waals surface area contributed by atoms with Crippen molar-refractivity contribution in [2.24, 2.45) is 0 Å². The van der Waals surface area contributed by atoms with Gasteiger partial charge < -0.3 is 4.57 Å². The van der Waals surface area contributed by atoms with Crippen molar-refractivity contribution >= 4 is 10.0 Å². The molecular formula is C14H25N5O2S. The zero-order valence-corrected chi connectivity index (χ0v) is 14.0. The minimum Gasteiger partial charge on any atom is -0.314 e. The second-order valence-electron chi connectivity index (χ2n) is 6.21. The predicted molar refractivity (Wildman–Crippen MR) is 83.9 cm³/mol. The number of nitrogens with zero attached hydrogens (tertiary/aromatic N) is 4. The maximum Gasteiger partial charge on any atom is 0.211 e. The number of piperidine rings is 1. The van der Waals surface area contributed by atoms with Gasteiger partial charge >= 0.3 is 0 Å². The second-order valence-corrected chi connectivity index (χ2v) is 8.26. The van der Waals surface area contributed by atoms with E-state index in [-0.39, 0.29) is 11.8 Å². The Hall–Kier alpha value is -0.990. The Kier molecular flexibility index (Phi) is 4.79. The molecule has 0 radical (unpaired) electrons. The fraction of sp³-hybridized carbons (Fsp3) is 0.857. The lowest BCUT2D eigenvalue weighted by molar-refractivity contribution is 0.192. The maximum absolute atomic E-state index is 11.6. The molecular weight excluding hydrogens is 302 g/mol. The van der Waals surface area contributed by atoms with Crippen LogP contribution in [-0.2, 0) is 29.5 Å². The molecule has 1 aromatic rings. The summed E-state index contributed by atoms with van der Waals surface area (Å²) in [6.45, 7) is 5.33. The van der Waals surface area contributed by atoms with Gasteiger partial charge in [-0.2, -0.15) is 0 Å². The highest BCUT2D eigenvalue weighted by molar-refractivity contribution is 7.89. The highest BCUT2D eigenvalue weighted by atomic mass is 32.2. The van der Waals surface area contributed by atoms with Crippen molar-refractivity contribution in [3.05, 3.63) is 11.6 Å². The molecule has 0 aromatic carbocycles. The molecule has 2 aliphatic rings. The van der Waals surface area contributed by atoms with E-state index >= 15 is 0 Å². The van der Waals surface area contributed by atoms with Crippen LogP contribution in [0.25, 0.3) is 0 Å². The first-order chi connectivity index (χ1) is 10.6. The van der Waals surface area contributed by atoms with E-state index in [0.717, 1.165) is 57.1 Å². The first-order valence-corrected chi connectivity index (χ1v) is 9.86. The number of rotatable bonds is 5. The summed E-state index contributed by atoms with van der Waals surface area (Å²) in [5.74, 6) is 2.33. The summed E-state index contributed by atoms with van der Waals surface area (Å²) in [5.41, 5.74) is 0. The van der Waals surface area contributed by atoms with Crippen molar-refractivity contribution < 1.29 is 8.42 Å². The zero-order chi connectivity index (χ0) is 15.6. The molecule has 124 valence electrons. The van der Waals surface area contributed by atoms with E-state index in [1.807, 2.05) is 0 Å². The van der Waals surface area contributed by atoms with Crippen LogP contribution in [0.3, 0.4) is 0 Å². The van der Waals surface area contributed by atoms with Crippen LogP contribution < -0.4 is 4.72 Å². The van der Waals surface area contributed by atoms with Crippen LogP contribution in [0.5, 0.6) is 0 Å². The highest BCUT2D eigenvalue weighted by Gasteiger charge is 2.24. The van der Waals surface area contributed by atoms with Crippen LogP contribution in [-0.4, -0.2) is 53.0 Å². The van der Waals surface area contributed by atoms with Crippen LogP contribution >= 0.6 is 0 Å². The van der Waals surface area contributed by atoms with E-state index in [0.29, 0.717) is 0 Å². The van der Waals surface area contributed by atoms with Crippen LogP contribution in [0.15, 0.2) is 0 Å². The molecule has 1 fully saturated rings.